The molecular weight excluding hydrogens is 345 g/mol. The summed E-state index contributed by atoms with van der Waals surface area (Å²) in [5.41, 5.74) is 3.30. The summed E-state index contributed by atoms with van der Waals surface area (Å²) < 4.78 is 1.83. The second-order valence-electron chi connectivity index (χ2n) is 6.13. The molecule has 0 bridgehead atoms. The molecule has 128 valence electrons. The van der Waals surface area contributed by atoms with Crippen molar-refractivity contribution < 1.29 is 4.79 Å². The molecular formula is C18H21Cl2N3O. The van der Waals surface area contributed by atoms with E-state index in [1.807, 2.05) is 17.7 Å². The van der Waals surface area contributed by atoms with Crippen LogP contribution in [0.15, 0.2) is 18.2 Å². The Morgan fingerprint density at radius 3 is 2.62 bits per heavy atom. The van der Waals surface area contributed by atoms with Crippen molar-refractivity contribution >= 4 is 29.1 Å². The molecule has 1 aliphatic carbocycles. The van der Waals surface area contributed by atoms with Gasteiger partial charge in [0.25, 0.3) is 5.91 Å². The number of aromatic nitrogens is 2. The first-order chi connectivity index (χ1) is 11.5. The van der Waals surface area contributed by atoms with Crippen molar-refractivity contribution in [1.29, 1.82) is 0 Å². The maximum absolute atomic E-state index is 12.7. The number of hydrogen-bond donors (Lipinski definition) is 1. The Hall–Kier alpha value is -1.52. The number of carbonyl (C=O) groups excluding carboxylic acids is 1. The summed E-state index contributed by atoms with van der Waals surface area (Å²) in [6, 6.07) is 5.74. The summed E-state index contributed by atoms with van der Waals surface area (Å²) >= 11 is 12.2. The van der Waals surface area contributed by atoms with Crippen molar-refractivity contribution in [2.75, 3.05) is 0 Å². The highest BCUT2D eigenvalue weighted by atomic mass is 35.5. The second kappa shape index (κ2) is 7.16. The normalized spacial score (nSPS) is 14.0. The molecule has 0 spiro atoms. The lowest BCUT2D eigenvalue weighted by molar-refractivity contribution is 0.0949. The Labute approximate surface area is 152 Å². The maximum Gasteiger partial charge on any atom is 0.255 e. The number of carbonyl (C=O) groups is 1. The third-order valence-corrected chi connectivity index (χ3v) is 4.90. The van der Waals surface area contributed by atoms with Crippen LogP contribution in [0.25, 0.3) is 5.69 Å². The number of aryl methyl sites for hydroxylation is 1. The van der Waals surface area contributed by atoms with Crippen molar-refractivity contribution in [3.63, 3.8) is 0 Å². The van der Waals surface area contributed by atoms with E-state index in [2.05, 4.69) is 12.2 Å². The molecule has 0 aliphatic heterocycles. The quantitative estimate of drug-likeness (QED) is 0.813. The molecule has 4 nitrogen and oxygen atoms in total. The summed E-state index contributed by atoms with van der Waals surface area (Å²) in [6.07, 6.45) is 4.55. The van der Waals surface area contributed by atoms with Crippen molar-refractivity contribution in [2.24, 2.45) is 0 Å². The predicted molar refractivity (Wildman–Crippen MR) is 97.4 cm³/mol. The van der Waals surface area contributed by atoms with E-state index in [1.165, 1.54) is 0 Å². The smallest absolute Gasteiger partial charge is 0.255 e. The number of nitrogens with zero attached hydrogens (tertiary/aromatic N) is 2. The third kappa shape index (κ3) is 3.45. The first kappa shape index (κ1) is 17.3. The molecule has 6 heteroatoms. The molecule has 1 saturated carbocycles. The van der Waals surface area contributed by atoms with Crippen LogP contribution in [0.1, 0.15) is 54.9 Å². The number of rotatable bonds is 6. The Bertz CT molecular complexity index is 766. The SMILES string of the molecule is CCCc1nn(-c2ccc(Cl)c(Cl)c2)c(CC)c1C(=O)NC1CC1. The van der Waals surface area contributed by atoms with E-state index in [-0.39, 0.29) is 5.91 Å². The Kier molecular flexibility index (Phi) is 5.16. The van der Waals surface area contributed by atoms with E-state index < -0.39 is 0 Å². The van der Waals surface area contributed by atoms with Gasteiger partial charge in [-0.2, -0.15) is 5.10 Å². The van der Waals surface area contributed by atoms with Crippen LogP contribution in [-0.4, -0.2) is 21.7 Å². The number of benzene rings is 1. The van der Waals surface area contributed by atoms with Crippen molar-refractivity contribution in [2.45, 2.75) is 52.0 Å². The van der Waals surface area contributed by atoms with E-state index in [0.29, 0.717) is 22.5 Å². The van der Waals surface area contributed by atoms with Gasteiger partial charge in [0.2, 0.25) is 0 Å². The fourth-order valence-electron chi connectivity index (χ4n) is 2.82. The Morgan fingerprint density at radius 2 is 2.04 bits per heavy atom. The molecule has 0 atom stereocenters. The number of halogens is 2. The molecule has 1 aromatic heterocycles. The minimum absolute atomic E-state index is 0.0101. The van der Waals surface area contributed by atoms with Crippen molar-refractivity contribution in [3.8, 4) is 5.69 Å². The fourth-order valence-corrected chi connectivity index (χ4v) is 3.11. The molecule has 1 N–H and O–H groups in total. The molecule has 1 aromatic carbocycles. The van der Waals surface area contributed by atoms with Gasteiger partial charge in [-0.15, -0.1) is 0 Å². The van der Waals surface area contributed by atoms with Gasteiger partial charge in [-0.1, -0.05) is 43.5 Å². The zero-order valence-electron chi connectivity index (χ0n) is 13.9. The molecule has 0 unspecified atom stereocenters. The van der Waals surface area contributed by atoms with Crippen LogP contribution in [-0.2, 0) is 12.8 Å². The average molecular weight is 366 g/mol. The van der Waals surface area contributed by atoms with Gasteiger partial charge in [-0.25, -0.2) is 4.68 Å². The molecule has 24 heavy (non-hydrogen) atoms. The topological polar surface area (TPSA) is 46.9 Å². The highest BCUT2D eigenvalue weighted by Crippen LogP contribution is 2.28. The number of nitrogens with one attached hydrogen (secondary N) is 1. The van der Waals surface area contributed by atoms with Crippen LogP contribution in [0.5, 0.6) is 0 Å². The standard InChI is InChI=1S/C18H21Cl2N3O/c1-3-5-15-17(18(24)21-11-6-7-11)16(4-2)23(22-15)12-8-9-13(19)14(20)10-12/h8-11H,3-7H2,1-2H3,(H,21,24). The minimum atomic E-state index is -0.0101. The van der Waals surface area contributed by atoms with Crippen LogP contribution in [0.2, 0.25) is 10.0 Å². The van der Waals surface area contributed by atoms with Crippen molar-refractivity contribution in [1.82, 2.24) is 15.1 Å². The third-order valence-electron chi connectivity index (χ3n) is 4.16. The van der Waals surface area contributed by atoms with Gasteiger partial charge in [0, 0.05) is 6.04 Å². The molecule has 0 saturated heterocycles. The maximum atomic E-state index is 12.7. The fraction of sp³-hybridized carbons (Fsp3) is 0.444. The predicted octanol–water partition coefficient (Wildman–Crippen LogP) is 4.59. The number of hydrogen-bond acceptors (Lipinski definition) is 2. The van der Waals surface area contributed by atoms with Gasteiger partial charge in [0.05, 0.1) is 32.7 Å². The lowest BCUT2D eigenvalue weighted by Crippen LogP contribution is -2.27. The molecule has 2 aromatic rings. The number of amides is 1. The van der Waals surface area contributed by atoms with E-state index in [0.717, 1.165) is 48.3 Å². The molecule has 0 radical (unpaired) electrons. The van der Waals surface area contributed by atoms with Gasteiger partial charge >= 0.3 is 0 Å². The highest BCUT2D eigenvalue weighted by molar-refractivity contribution is 6.42. The van der Waals surface area contributed by atoms with Gasteiger partial charge in [0.1, 0.15) is 0 Å². The van der Waals surface area contributed by atoms with Crippen molar-refractivity contribution in [3.05, 3.63) is 45.2 Å². The summed E-state index contributed by atoms with van der Waals surface area (Å²) in [5.74, 6) is -0.0101. The largest absolute Gasteiger partial charge is 0.349 e. The molecule has 1 aliphatic rings. The lowest BCUT2D eigenvalue weighted by atomic mass is 10.1. The molecule has 1 amide bonds. The van der Waals surface area contributed by atoms with Gasteiger partial charge in [-0.3, -0.25) is 4.79 Å². The Morgan fingerprint density at radius 1 is 1.29 bits per heavy atom. The van der Waals surface area contributed by atoms with Crippen LogP contribution in [0, 0.1) is 0 Å². The van der Waals surface area contributed by atoms with E-state index in [4.69, 9.17) is 28.3 Å². The summed E-state index contributed by atoms with van der Waals surface area (Å²) in [6.45, 7) is 4.13. The zero-order chi connectivity index (χ0) is 17.3. The second-order valence-corrected chi connectivity index (χ2v) is 6.94. The molecule has 1 fully saturated rings. The Balaban J connectivity index is 2.08. The first-order valence-corrected chi connectivity index (χ1v) is 9.17. The molecule has 3 rings (SSSR count). The first-order valence-electron chi connectivity index (χ1n) is 8.42. The summed E-state index contributed by atoms with van der Waals surface area (Å²) in [7, 11) is 0. The van der Waals surface area contributed by atoms with E-state index >= 15 is 0 Å². The lowest BCUT2D eigenvalue weighted by Gasteiger charge is -2.09. The van der Waals surface area contributed by atoms with Crippen LogP contribution >= 0.6 is 23.2 Å². The van der Waals surface area contributed by atoms with E-state index in [1.54, 1.807) is 12.1 Å². The monoisotopic (exact) mass is 365 g/mol. The van der Waals surface area contributed by atoms with E-state index in [9.17, 15) is 4.79 Å². The summed E-state index contributed by atoms with van der Waals surface area (Å²) in [4.78, 5) is 12.7. The van der Waals surface area contributed by atoms with Crippen LogP contribution in [0.3, 0.4) is 0 Å². The van der Waals surface area contributed by atoms with Crippen LogP contribution in [0.4, 0.5) is 0 Å². The highest BCUT2D eigenvalue weighted by Gasteiger charge is 2.28. The van der Waals surface area contributed by atoms with Crippen LogP contribution < -0.4 is 5.32 Å². The zero-order valence-corrected chi connectivity index (χ0v) is 15.4. The molecule has 1 heterocycles. The average Bonchev–Trinajstić information content (AvgIpc) is 3.29. The summed E-state index contributed by atoms with van der Waals surface area (Å²) in [5, 5.41) is 8.79. The van der Waals surface area contributed by atoms with Gasteiger partial charge < -0.3 is 5.32 Å². The van der Waals surface area contributed by atoms with Gasteiger partial charge in [-0.05, 0) is 43.9 Å². The minimum Gasteiger partial charge on any atom is -0.349 e. The van der Waals surface area contributed by atoms with Gasteiger partial charge in [0.15, 0.2) is 0 Å².